The summed E-state index contributed by atoms with van der Waals surface area (Å²) >= 11 is 1.60. The molecule has 2 aromatic rings. The van der Waals surface area contributed by atoms with Crippen molar-refractivity contribution in [1.29, 1.82) is 0 Å². The quantitative estimate of drug-likeness (QED) is 0.631. The first-order valence-corrected chi connectivity index (χ1v) is 9.09. The standard InChI is InChI=1S/C16H20N6S/c1-10-4-5-17-15(18-10)21-8-12-7-13(9-21)22(12)14-6-11(2)19-16(20-14)23-3/h4-6,12-13H,7-9H2,1-3H3. The molecule has 0 spiro atoms. The summed E-state index contributed by atoms with van der Waals surface area (Å²) < 4.78 is 0. The first-order chi connectivity index (χ1) is 11.1. The molecule has 0 radical (unpaired) electrons. The zero-order chi connectivity index (χ0) is 16.0. The Balaban J connectivity index is 1.55. The molecular formula is C16H20N6S. The summed E-state index contributed by atoms with van der Waals surface area (Å²) in [5.41, 5.74) is 2.05. The number of hydrogen-bond donors (Lipinski definition) is 0. The lowest BCUT2D eigenvalue weighted by Crippen LogP contribution is -2.69. The van der Waals surface area contributed by atoms with Crippen molar-refractivity contribution in [3.05, 3.63) is 29.7 Å². The molecule has 5 rings (SSSR count). The highest BCUT2D eigenvalue weighted by Crippen LogP contribution is 2.37. The number of nitrogens with zero attached hydrogens (tertiary/aromatic N) is 6. The van der Waals surface area contributed by atoms with E-state index < -0.39 is 0 Å². The number of aryl methyl sites for hydroxylation is 2. The Hall–Kier alpha value is -1.89. The normalized spacial score (nSPS) is 22.9. The van der Waals surface area contributed by atoms with Crippen LogP contribution in [0.2, 0.25) is 0 Å². The van der Waals surface area contributed by atoms with E-state index in [1.165, 1.54) is 6.42 Å². The summed E-state index contributed by atoms with van der Waals surface area (Å²) in [5.74, 6) is 1.91. The molecule has 2 unspecified atom stereocenters. The first kappa shape index (κ1) is 14.7. The molecule has 2 bridgehead atoms. The van der Waals surface area contributed by atoms with Gasteiger partial charge in [-0.3, -0.25) is 0 Å². The van der Waals surface area contributed by atoms with Gasteiger partial charge in [0.15, 0.2) is 5.16 Å². The van der Waals surface area contributed by atoms with Gasteiger partial charge in [0, 0.05) is 36.7 Å². The molecule has 0 aromatic carbocycles. The number of piperazine rings is 1. The van der Waals surface area contributed by atoms with Crippen molar-refractivity contribution in [2.75, 3.05) is 29.1 Å². The number of aromatic nitrogens is 4. The Morgan fingerprint density at radius 1 is 1.09 bits per heavy atom. The number of piperidine rings is 1. The van der Waals surface area contributed by atoms with Crippen molar-refractivity contribution >= 4 is 23.5 Å². The van der Waals surface area contributed by atoms with Crippen LogP contribution in [0.5, 0.6) is 0 Å². The number of fused-ring (bicyclic) bond motifs is 2. The van der Waals surface area contributed by atoms with Gasteiger partial charge in [0.1, 0.15) is 5.82 Å². The Morgan fingerprint density at radius 2 is 1.87 bits per heavy atom. The summed E-state index contributed by atoms with van der Waals surface area (Å²) in [6, 6.07) is 5.01. The zero-order valence-electron chi connectivity index (χ0n) is 13.6. The van der Waals surface area contributed by atoms with Crippen molar-refractivity contribution in [3.63, 3.8) is 0 Å². The van der Waals surface area contributed by atoms with Crippen LogP contribution < -0.4 is 9.80 Å². The van der Waals surface area contributed by atoms with E-state index in [4.69, 9.17) is 4.98 Å². The predicted molar refractivity (Wildman–Crippen MR) is 92.2 cm³/mol. The first-order valence-electron chi connectivity index (χ1n) is 7.86. The van der Waals surface area contributed by atoms with Gasteiger partial charge in [0.2, 0.25) is 5.95 Å². The average molecular weight is 328 g/mol. The van der Waals surface area contributed by atoms with Crippen LogP contribution in [0.4, 0.5) is 11.8 Å². The Morgan fingerprint density at radius 3 is 2.57 bits per heavy atom. The van der Waals surface area contributed by atoms with E-state index in [1.54, 1.807) is 11.8 Å². The van der Waals surface area contributed by atoms with Gasteiger partial charge in [-0.15, -0.1) is 0 Å². The minimum Gasteiger partial charge on any atom is -0.347 e. The molecule has 23 heavy (non-hydrogen) atoms. The molecule has 0 saturated carbocycles. The second-order valence-electron chi connectivity index (χ2n) is 6.21. The lowest BCUT2D eigenvalue weighted by atomic mass is 9.87. The predicted octanol–water partition coefficient (Wildman–Crippen LogP) is 2.07. The van der Waals surface area contributed by atoms with Crippen LogP contribution in [0, 0.1) is 13.8 Å². The third-order valence-corrected chi connectivity index (χ3v) is 5.07. The average Bonchev–Trinajstić information content (AvgIpc) is 2.54. The van der Waals surface area contributed by atoms with E-state index in [0.717, 1.165) is 41.4 Å². The third-order valence-electron chi connectivity index (χ3n) is 4.53. The van der Waals surface area contributed by atoms with Gasteiger partial charge < -0.3 is 9.80 Å². The van der Waals surface area contributed by atoms with Gasteiger partial charge in [-0.05, 0) is 32.6 Å². The lowest BCUT2D eigenvalue weighted by molar-refractivity contribution is 0.286. The van der Waals surface area contributed by atoms with Crippen molar-refractivity contribution in [2.45, 2.75) is 37.5 Å². The molecular weight excluding hydrogens is 308 g/mol. The van der Waals surface area contributed by atoms with Gasteiger partial charge in [-0.25, -0.2) is 19.9 Å². The van der Waals surface area contributed by atoms with Crippen LogP contribution in [0.3, 0.4) is 0 Å². The van der Waals surface area contributed by atoms with Gasteiger partial charge >= 0.3 is 0 Å². The largest absolute Gasteiger partial charge is 0.347 e. The Kier molecular flexibility index (Phi) is 3.60. The van der Waals surface area contributed by atoms with Crippen LogP contribution in [-0.2, 0) is 0 Å². The molecule has 120 valence electrons. The van der Waals surface area contributed by atoms with E-state index >= 15 is 0 Å². The van der Waals surface area contributed by atoms with Gasteiger partial charge in [-0.2, -0.15) is 0 Å². The molecule has 3 aliphatic heterocycles. The maximum atomic E-state index is 4.70. The maximum absolute atomic E-state index is 4.70. The number of hydrogen-bond acceptors (Lipinski definition) is 7. The molecule has 3 fully saturated rings. The Labute approximate surface area is 140 Å². The van der Waals surface area contributed by atoms with Crippen LogP contribution in [0.15, 0.2) is 23.5 Å². The SMILES string of the molecule is CSc1nc(C)cc(N2C3CC2CN(c2nccc(C)n2)C3)n1. The number of rotatable bonds is 3. The van der Waals surface area contributed by atoms with E-state index in [-0.39, 0.29) is 0 Å². The van der Waals surface area contributed by atoms with Crippen LogP contribution in [0.1, 0.15) is 17.8 Å². The van der Waals surface area contributed by atoms with Gasteiger partial charge in [-0.1, -0.05) is 11.8 Å². The third kappa shape index (κ3) is 2.63. The lowest BCUT2D eigenvalue weighted by Gasteiger charge is -2.56. The van der Waals surface area contributed by atoms with E-state index in [2.05, 4.69) is 30.8 Å². The summed E-state index contributed by atoms with van der Waals surface area (Å²) in [7, 11) is 0. The van der Waals surface area contributed by atoms with Gasteiger partial charge in [0.05, 0.1) is 12.1 Å². The van der Waals surface area contributed by atoms with Crippen LogP contribution in [0.25, 0.3) is 0 Å². The molecule has 6 nitrogen and oxygen atoms in total. The summed E-state index contributed by atoms with van der Waals surface area (Å²) in [4.78, 5) is 22.9. The summed E-state index contributed by atoms with van der Waals surface area (Å²) in [6.07, 6.45) is 5.08. The highest BCUT2D eigenvalue weighted by Gasteiger charge is 2.46. The fourth-order valence-electron chi connectivity index (χ4n) is 3.48. The molecule has 0 amide bonds. The molecule has 0 aliphatic carbocycles. The number of thioether (sulfide) groups is 1. The molecule has 0 N–H and O–H groups in total. The number of anilines is 2. The molecule has 2 atom stereocenters. The summed E-state index contributed by atoms with van der Waals surface area (Å²) in [5, 5.41) is 0.851. The minimum atomic E-state index is 0.488. The second kappa shape index (κ2) is 5.63. The highest BCUT2D eigenvalue weighted by molar-refractivity contribution is 7.98. The van der Waals surface area contributed by atoms with Crippen LogP contribution in [-0.4, -0.2) is 51.4 Å². The Bertz CT molecular complexity index is 724. The smallest absolute Gasteiger partial charge is 0.225 e. The minimum absolute atomic E-state index is 0.488. The van der Waals surface area contributed by atoms with E-state index in [1.807, 2.05) is 32.4 Å². The monoisotopic (exact) mass is 328 g/mol. The maximum Gasteiger partial charge on any atom is 0.225 e. The molecule has 5 heterocycles. The molecule has 3 aliphatic rings. The fourth-order valence-corrected chi connectivity index (χ4v) is 3.90. The van der Waals surface area contributed by atoms with Crippen molar-refractivity contribution in [1.82, 2.24) is 19.9 Å². The summed E-state index contributed by atoms with van der Waals surface area (Å²) in [6.45, 7) is 5.96. The van der Waals surface area contributed by atoms with Crippen molar-refractivity contribution in [2.24, 2.45) is 0 Å². The molecule has 7 heteroatoms. The molecule has 3 saturated heterocycles. The highest BCUT2D eigenvalue weighted by atomic mass is 32.2. The second-order valence-corrected chi connectivity index (χ2v) is 6.98. The fraction of sp³-hybridized carbons (Fsp3) is 0.500. The van der Waals surface area contributed by atoms with Crippen LogP contribution >= 0.6 is 11.8 Å². The zero-order valence-corrected chi connectivity index (χ0v) is 14.4. The van der Waals surface area contributed by atoms with Crippen molar-refractivity contribution < 1.29 is 0 Å². The topological polar surface area (TPSA) is 58.0 Å². The van der Waals surface area contributed by atoms with Gasteiger partial charge in [0.25, 0.3) is 0 Å². The van der Waals surface area contributed by atoms with Crippen molar-refractivity contribution in [3.8, 4) is 0 Å². The van der Waals surface area contributed by atoms with E-state index in [9.17, 15) is 0 Å². The van der Waals surface area contributed by atoms with E-state index in [0.29, 0.717) is 12.1 Å². The molecule has 2 aromatic heterocycles.